The number of halogens is 10. The molecule has 1 aromatic rings. The molecule has 6 atom stereocenters. The number of carbonyl (C=O) groups is 7. The summed E-state index contributed by atoms with van der Waals surface area (Å²) in [4.78, 5) is 97.7. The van der Waals surface area contributed by atoms with Gasteiger partial charge >= 0.3 is 24.0 Å². The normalized spacial score (nSPS) is 24.7. The molecule has 1 aromatic carbocycles. The Hall–Kier alpha value is -5.71. The smallest absolute Gasteiger partial charge is 0.460 e. The van der Waals surface area contributed by atoms with E-state index in [0.29, 0.717) is 12.5 Å². The van der Waals surface area contributed by atoms with Crippen molar-refractivity contribution in [3.8, 4) is 0 Å². The number of ether oxygens (including phenoxy) is 1. The van der Waals surface area contributed by atoms with Gasteiger partial charge in [0.2, 0.25) is 35.4 Å². The molecule has 0 bridgehead atoms. The molecule has 3 aliphatic heterocycles. The van der Waals surface area contributed by atoms with E-state index in [1.165, 1.54) is 20.9 Å². The molecule has 3 saturated heterocycles. The van der Waals surface area contributed by atoms with Gasteiger partial charge in [-0.25, -0.2) is 18.0 Å². The van der Waals surface area contributed by atoms with E-state index >= 15 is 0 Å². The molecule has 0 radical (unpaired) electrons. The summed E-state index contributed by atoms with van der Waals surface area (Å²) in [6.45, 7) is 1.78. The summed E-state index contributed by atoms with van der Waals surface area (Å²) in [6.07, 6.45) is -7.41. The van der Waals surface area contributed by atoms with E-state index in [4.69, 9.17) is 4.74 Å². The highest BCUT2D eigenvalue weighted by Gasteiger charge is 2.75. The molecule has 6 amide bonds. The Morgan fingerprint density at radius 2 is 1.46 bits per heavy atom. The molecule has 0 aliphatic carbocycles. The number of benzene rings is 1. The van der Waals surface area contributed by atoms with Crippen molar-refractivity contribution in [2.75, 3.05) is 26.7 Å². The minimum atomic E-state index is -6.88. The SMILES string of the molecule is C[C@@H]1NC(=O)[C@H](C)N(C)C(=O)[C@@H]2CCCN2C(=O)[C@@H](NC(=O)[C@H](Cc2cc(F)cc(F)c2)NC(=O)/C=C/C=C(\F)C(F)(F)C(F)(F)C(F)(F)F)COC(=O)[C@@H]2CCCN2C1=O. The summed E-state index contributed by atoms with van der Waals surface area (Å²) < 4.78 is 139. The van der Waals surface area contributed by atoms with Gasteiger partial charge in [-0.2, -0.15) is 30.7 Å². The third-order valence-corrected chi connectivity index (χ3v) is 10.2. The number of hydrogen-bond acceptors (Lipinski definition) is 8. The van der Waals surface area contributed by atoms with Gasteiger partial charge in [0.05, 0.1) is 0 Å². The number of esters is 1. The van der Waals surface area contributed by atoms with Gasteiger partial charge in [0.15, 0.2) is 5.83 Å². The van der Waals surface area contributed by atoms with Crippen molar-refractivity contribution in [2.24, 2.45) is 0 Å². The zero-order chi connectivity index (χ0) is 45.8. The van der Waals surface area contributed by atoms with Gasteiger partial charge in [0.25, 0.3) is 0 Å². The van der Waals surface area contributed by atoms with Crippen LogP contribution in [0, 0.1) is 11.6 Å². The molecule has 0 unspecified atom stereocenters. The van der Waals surface area contributed by atoms with Crippen molar-refractivity contribution in [3.05, 3.63) is 59.5 Å². The highest BCUT2D eigenvalue weighted by atomic mass is 19.4. The largest absolute Gasteiger partial charge is 0.461 e. The van der Waals surface area contributed by atoms with Crippen LogP contribution in [0.5, 0.6) is 0 Å². The van der Waals surface area contributed by atoms with E-state index in [2.05, 4.69) is 10.6 Å². The number of carbonyl (C=O) groups excluding carboxylic acids is 7. The van der Waals surface area contributed by atoms with Crippen LogP contribution in [-0.4, -0.2) is 137 Å². The lowest BCUT2D eigenvalue weighted by molar-refractivity contribution is -0.347. The summed E-state index contributed by atoms with van der Waals surface area (Å²) in [5.41, 5.74) is -0.316. The molecular weight excluding hydrogens is 846 g/mol. The fourth-order valence-electron chi connectivity index (χ4n) is 6.76. The predicted octanol–water partition coefficient (Wildman–Crippen LogP) is 2.61. The lowest BCUT2D eigenvalue weighted by Crippen LogP contribution is -2.60. The van der Waals surface area contributed by atoms with E-state index in [9.17, 15) is 77.5 Å². The van der Waals surface area contributed by atoms with Crippen molar-refractivity contribution in [2.45, 2.75) is 100 Å². The lowest BCUT2D eigenvalue weighted by Gasteiger charge is -2.34. The lowest BCUT2D eigenvalue weighted by atomic mass is 10.0. The highest BCUT2D eigenvalue weighted by molar-refractivity contribution is 5.98. The number of cyclic esters (lactones) is 1. The molecule has 3 aliphatic rings. The molecule has 0 aromatic heterocycles. The van der Waals surface area contributed by atoms with E-state index in [0.717, 1.165) is 26.8 Å². The van der Waals surface area contributed by atoms with Crippen molar-refractivity contribution in [1.82, 2.24) is 30.7 Å². The quantitative estimate of drug-likeness (QED) is 0.147. The molecule has 3 N–H and O–H groups in total. The molecule has 4 rings (SSSR count). The van der Waals surface area contributed by atoms with Gasteiger partial charge < -0.3 is 35.4 Å². The highest BCUT2D eigenvalue weighted by Crippen LogP contribution is 2.50. The topological polar surface area (TPSA) is 175 Å². The summed E-state index contributed by atoms with van der Waals surface area (Å²) in [6, 6.07) is -6.75. The van der Waals surface area contributed by atoms with Crippen LogP contribution in [0.25, 0.3) is 0 Å². The molecule has 336 valence electrons. The van der Waals surface area contributed by atoms with E-state index in [1.54, 1.807) is 0 Å². The first kappa shape index (κ1) is 48.0. The average molecular weight is 887 g/mol. The van der Waals surface area contributed by atoms with Crippen LogP contribution >= 0.6 is 0 Å². The van der Waals surface area contributed by atoms with Crippen LogP contribution in [0.3, 0.4) is 0 Å². The predicted molar refractivity (Wildman–Crippen MR) is 188 cm³/mol. The van der Waals surface area contributed by atoms with Gasteiger partial charge in [-0.3, -0.25) is 28.8 Å². The van der Waals surface area contributed by atoms with Crippen LogP contribution in [0.15, 0.2) is 42.3 Å². The Kier molecular flexibility index (Phi) is 14.9. The Balaban J connectivity index is 1.67. The summed E-state index contributed by atoms with van der Waals surface area (Å²) >= 11 is 0. The maximum absolute atomic E-state index is 14.2. The van der Waals surface area contributed by atoms with Gasteiger partial charge in [-0.1, -0.05) is 6.08 Å². The van der Waals surface area contributed by atoms with Crippen molar-refractivity contribution in [1.29, 1.82) is 0 Å². The average Bonchev–Trinajstić information content (AvgIpc) is 3.87. The molecular formula is C37H40F10N6O8. The maximum Gasteiger partial charge on any atom is 0.460 e. The molecule has 61 heavy (non-hydrogen) atoms. The Labute approximate surface area is 340 Å². The second-order valence-electron chi connectivity index (χ2n) is 14.5. The van der Waals surface area contributed by atoms with Gasteiger partial charge in [0.1, 0.15) is 54.5 Å². The van der Waals surface area contributed by atoms with Crippen LogP contribution in [0.1, 0.15) is 45.1 Å². The first-order valence-corrected chi connectivity index (χ1v) is 18.6. The molecule has 3 heterocycles. The Morgan fingerprint density at radius 1 is 0.885 bits per heavy atom. The minimum absolute atomic E-state index is 0.00346. The number of nitrogens with one attached hydrogen (secondary N) is 3. The number of rotatable bonds is 9. The fourth-order valence-corrected chi connectivity index (χ4v) is 6.76. The Morgan fingerprint density at radius 3 is 2.05 bits per heavy atom. The Bertz CT molecular complexity index is 1940. The van der Waals surface area contributed by atoms with Crippen LogP contribution < -0.4 is 16.0 Å². The number of nitrogens with zero attached hydrogens (tertiary/aromatic N) is 3. The maximum atomic E-state index is 14.2. The second-order valence-corrected chi connectivity index (χ2v) is 14.5. The molecule has 0 saturated carbocycles. The summed E-state index contributed by atoms with van der Waals surface area (Å²) in [5.74, 6) is -26.0. The van der Waals surface area contributed by atoms with Crippen molar-refractivity contribution < 1.29 is 82.2 Å². The monoisotopic (exact) mass is 886 g/mol. The number of hydrogen-bond donors (Lipinski definition) is 3. The van der Waals surface area contributed by atoms with Gasteiger partial charge in [-0.05, 0) is 63.3 Å². The van der Waals surface area contributed by atoms with Crippen molar-refractivity contribution in [3.63, 3.8) is 0 Å². The number of fused-ring (bicyclic) bond motifs is 2. The van der Waals surface area contributed by atoms with Crippen molar-refractivity contribution >= 4 is 41.4 Å². The second kappa shape index (κ2) is 18.9. The number of amides is 6. The number of alkyl halides is 7. The number of likely N-dealkylation sites (N-methyl/N-ethyl adjacent to an activating group) is 1. The zero-order valence-electron chi connectivity index (χ0n) is 32.5. The summed E-state index contributed by atoms with van der Waals surface area (Å²) in [7, 11) is 1.28. The third kappa shape index (κ3) is 10.8. The van der Waals surface area contributed by atoms with Gasteiger partial charge in [-0.15, -0.1) is 0 Å². The number of allylic oxidation sites excluding steroid dienone is 3. The van der Waals surface area contributed by atoms with Crippen LogP contribution in [-0.2, 0) is 44.7 Å². The van der Waals surface area contributed by atoms with E-state index in [1.807, 2.05) is 5.32 Å². The zero-order valence-corrected chi connectivity index (χ0v) is 32.5. The minimum Gasteiger partial charge on any atom is -0.461 e. The third-order valence-electron chi connectivity index (χ3n) is 10.2. The first-order chi connectivity index (χ1) is 28.3. The molecule has 14 nitrogen and oxygen atoms in total. The van der Waals surface area contributed by atoms with E-state index < -0.39 is 132 Å². The molecule has 3 fully saturated rings. The summed E-state index contributed by atoms with van der Waals surface area (Å²) in [5, 5.41) is 6.72. The molecule has 24 heteroatoms. The van der Waals surface area contributed by atoms with E-state index in [-0.39, 0.29) is 50.1 Å². The first-order valence-electron chi connectivity index (χ1n) is 18.6. The standard InChI is InChI=1S/C37H40F10N6O8/c1-18-31(57)53-12-6-8-26(53)34(60)61-17-24(32(58)52-11-5-7-25(52)33(59)51(3)19(2)29(55)48-18)50-30(56)23(15-20-13-21(38)16-22(39)14-20)49-28(54)10-4-9-27(40)35(41,42)36(43,44)37(45,46)47/h4,9-10,13-14,16,18-19,23-26H,5-8,11-12,15,17H2,1-3H3,(H,48,55)(H,49,54)(H,50,56)/b10-4+,27-9-/t18-,19-,23-,24-,25-,26-/m0/s1. The van der Waals surface area contributed by atoms with Gasteiger partial charge in [0, 0.05) is 38.7 Å². The van der Waals surface area contributed by atoms with Crippen LogP contribution in [0.2, 0.25) is 0 Å². The molecule has 0 spiro atoms. The fraction of sp³-hybridized carbons (Fsp3) is 0.541. The van der Waals surface area contributed by atoms with Crippen LogP contribution in [0.4, 0.5) is 43.9 Å².